The van der Waals surface area contributed by atoms with Crippen molar-refractivity contribution < 1.29 is 75.7 Å². The van der Waals surface area contributed by atoms with Crippen molar-refractivity contribution >= 4 is 98.4 Å². The largest absolute Gasteiger partial charge is 0.501 e. The Bertz CT molecular complexity index is 5670. The van der Waals surface area contributed by atoms with E-state index in [1.807, 2.05) is 55.4 Å². The molecule has 3 fully saturated rings. The molecule has 6 aromatic rings. The van der Waals surface area contributed by atoms with Gasteiger partial charge in [0.2, 0.25) is 11.8 Å². The molecule has 0 radical (unpaired) electrons. The van der Waals surface area contributed by atoms with Crippen molar-refractivity contribution in [1.82, 2.24) is 20.2 Å². The molecule has 0 saturated carbocycles. The van der Waals surface area contributed by atoms with E-state index in [0.717, 1.165) is 0 Å². The van der Waals surface area contributed by atoms with Gasteiger partial charge in [-0.05, 0) is 139 Å². The van der Waals surface area contributed by atoms with Crippen LogP contribution >= 0.6 is 0 Å². The number of nitrogens with one attached hydrogen (secondary N) is 1. The highest BCUT2D eigenvalue weighted by molar-refractivity contribution is 6.63. The number of ketones is 1. The van der Waals surface area contributed by atoms with Gasteiger partial charge in [-0.1, -0.05) is 105 Å². The zero-order chi connectivity index (χ0) is 80.0. The van der Waals surface area contributed by atoms with Crippen LogP contribution in [0.1, 0.15) is 96.0 Å². The molecule has 0 bridgehead atoms. The number of benzene rings is 8. The van der Waals surface area contributed by atoms with E-state index in [1.54, 1.807) is 121 Å². The summed E-state index contributed by atoms with van der Waals surface area (Å²) in [5, 5.41) is 33.8. The van der Waals surface area contributed by atoms with Crippen molar-refractivity contribution in [2.75, 3.05) is 0 Å². The van der Waals surface area contributed by atoms with Crippen LogP contribution in [-0.4, -0.2) is 95.2 Å². The van der Waals surface area contributed by atoms with Gasteiger partial charge >= 0.3 is 24.8 Å². The van der Waals surface area contributed by atoms with Gasteiger partial charge in [0.1, 0.15) is 66.0 Å². The predicted molar refractivity (Wildman–Crippen MR) is 403 cm³/mol. The average molecular weight is 1520 g/mol. The molecule has 0 spiro atoms. The lowest BCUT2D eigenvalue weighted by atomic mass is 9.77. The monoisotopic (exact) mass is 1520 g/mol. The summed E-state index contributed by atoms with van der Waals surface area (Å²) < 4.78 is 46.1. The summed E-state index contributed by atoms with van der Waals surface area (Å²) in [4.78, 5) is 128. The standard InChI is InChI=1S/C36H28N6O8.C25H23BN2O7.C17H18N6O4/c1-19(2)33-30-16-26(34(41(30)35(33)44)36(45)49-17-20-3-6-22(7-4-20)39-40-37)25-10-5-21(13-29(25)42(46)47)18-48-24-9-12-28-32(15-24)50-31-14-23(43)8-11-27(31)38-28;1-24(2)25(3,4)35-26(34-24)18-8-5-15(11-21(18)28(30)31)14-32-17-7-10-20-23(13-17)33-22-12-16(29)6-9-19(22)27-20;1-9(2)14-12(20-16(14)25)7-13(24)15(21-18)17(26)27-8-10-3-5-11(6-4-10)22-23-19/h3-15,19,30,33H,16-18H2,1-2H3;5-13H,14H2,1-4H3;3-6,9,12,14H,7-8H2,1-2H3,(H,20,25)/t30-,33-;;12-,14-/m1.1/s1. The zero-order valence-corrected chi connectivity index (χ0v) is 61.4. The Kier molecular flexibility index (Phi) is 22.6. The van der Waals surface area contributed by atoms with Crippen molar-refractivity contribution in [2.45, 2.75) is 118 Å². The van der Waals surface area contributed by atoms with Gasteiger partial charge in [-0.3, -0.25) is 44.2 Å². The van der Waals surface area contributed by atoms with Gasteiger partial charge in [-0.15, -0.1) is 0 Å². The maximum absolute atomic E-state index is 13.6. The molecule has 568 valence electrons. The Balaban J connectivity index is 0.000000165. The normalized spacial score (nSPS) is 16.9. The molecule has 14 rings (SSSR count). The van der Waals surface area contributed by atoms with Crippen molar-refractivity contribution in [1.29, 1.82) is 0 Å². The van der Waals surface area contributed by atoms with Crippen LogP contribution in [0.3, 0.4) is 0 Å². The quantitative estimate of drug-likeness (QED) is 0.00531. The number of ether oxygens (including phenoxy) is 4. The topological polar surface area (TPSA) is 462 Å². The molecule has 1 N–H and O–H groups in total. The second-order valence-corrected chi connectivity index (χ2v) is 28.3. The molecule has 8 aliphatic rings. The molecular weight excluding hydrogens is 1450 g/mol. The number of nitrogens with zero attached hydrogens (tertiary/aromatic N) is 13. The summed E-state index contributed by atoms with van der Waals surface area (Å²) in [6.07, 6.45) is 0.109. The molecule has 6 aromatic carbocycles. The molecule has 3 saturated heterocycles. The first-order valence-electron chi connectivity index (χ1n) is 35.1. The van der Waals surface area contributed by atoms with Gasteiger partial charge in [0, 0.05) is 70.1 Å². The first-order chi connectivity index (χ1) is 53.5. The van der Waals surface area contributed by atoms with Crippen LogP contribution in [0.2, 0.25) is 0 Å². The second-order valence-electron chi connectivity index (χ2n) is 28.3. The minimum absolute atomic E-state index is 0.000141. The lowest BCUT2D eigenvalue weighted by Gasteiger charge is -2.45. The minimum atomic E-state index is -1.06. The molecule has 6 aliphatic heterocycles. The number of fused-ring (bicyclic) bond motifs is 5. The third kappa shape index (κ3) is 16.9. The van der Waals surface area contributed by atoms with Gasteiger partial charge in [0.05, 0.1) is 50.0 Å². The molecular formula is C78H69BN14O19. The Morgan fingerprint density at radius 1 is 0.616 bits per heavy atom. The number of β-lactam (4-membered cyclic amide) rings is 2. The first kappa shape index (κ1) is 77.8. The second kappa shape index (κ2) is 32.6. The van der Waals surface area contributed by atoms with E-state index in [-0.39, 0.29) is 114 Å². The molecule has 2 aliphatic carbocycles. The average Bonchev–Trinajstić information content (AvgIpc) is 1.56. The van der Waals surface area contributed by atoms with E-state index in [0.29, 0.717) is 101 Å². The van der Waals surface area contributed by atoms with Crippen molar-refractivity contribution in [3.05, 3.63) is 258 Å². The highest BCUT2D eigenvalue weighted by Crippen LogP contribution is 2.50. The van der Waals surface area contributed by atoms with Crippen LogP contribution in [0.4, 0.5) is 22.7 Å². The number of esters is 2. The molecule has 4 atom stereocenters. The van der Waals surface area contributed by atoms with Crippen molar-refractivity contribution in [3.8, 4) is 34.4 Å². The lowest BCUT2D eigenvalue weighted by Crippen LogP contribution is -2.61. The van der Waals surface area contributed by atoms with Crippen molar-refractivity contribution in [2.24, 2.45) is 33.9 Å². The number of hydrogen-bond donors (Lipinski definition) is 1. The number of amides is 2. The number of carbonyl (C=O) groups excluding carboxylic acids is 5. The minimum Gasteiger partial charge on any atom is -0.489 e. The lowest BCUT2D eigenvalue weighted by molar-refractivity contribution is -0.385. The highest BCUT2D eigenvalue weighted by atomic mass is 16.7. The van der Waals surface area contributed by atoms with E-state index in [9.17, 15) is 53.8 Å². The molecule has 33 nitrogen and oxygen atoms in total. The third-order valence-corrected chi connectivity index (χ3v) is 19.6. The Labute approximate surface area is 636 Å². The predicted octanol–water partition coefficient (Wildman–Crippen LogP) is 13.2. The maximum Gasteiger partial charge on any atom is 0.501 e. The van der Waals surface area contributed by atoms with E-state index in [2.05, 4.69) is 40.1 Å². The van der Waals surface area contributed by atoms with Crippen LogP contribution in [0.5, 0.6) is 11.5 Å². The maximum atomic E-state index is 13.6. The summed E-state index contributed by atoms with van der Waals surface area (Å²) in [6, 6.07) is 40.5. The third-order valence-electron chi connectivity index (χ3n) is 19.6. The molecule has 0 aromatic heterocycles. The van der Waals surface area contributed by atoms with Crippen LogP contribution in [0.15, 0.2) is 192 Å². The molecule has 0 unspecified atom stereocenters. The zero-order valence-electron chi connectivity index (χ0n) is 61.4. The fourth-order valence-electron chi connectivity index (χ4n) is 13.2. The summed E-state index contributed by atoms with van der Waals surface area (Å²) in [6.45, 7) is 15.0. The fourth-order valence-corrected chi connectivity index (χ4v) is 13.2. The van der Waals surface area contributed by atoms with E-state index in [1.165, 1.54) is 41.3 Å². The van der Waals surface area contributed by atoms with Crippen LogP contribution in [0.25, 0.3) is 77.1 Å². The Morgan fingerprint density at radius 3 is 1.59 bits per heavy atom. The molecule has 112 heavy (non-hydrogen) atoms. The number of azide groups is 2. The number of rotatable bonds is 23. The number of nitro groups is 2. The summed E-state index contributed by atoms with van der Waals surface area (Å²) >= 11 is 0. The summed E-state index contributed by atoms with van der Waals surface area (Å²) in [5.74, 6) is -1.87. The van der Waals surface area contributed by atoms with Gasteiger partial charge in [-0.2, -0.15) is 4.79 Å². The van der Waals surface area contributed by atoms with E-state index < -0.39 is 57.6 Å². The van der Waals surface area contributed by atoms with Gasteiger partial charge in [-0.25, -0.2) is 19.6 Å². The van der Waals surface area contributed by atoms with Gasteiger partial charge < -0.3 is 52.8 Å². The number of Topliss-reactive ketones (excluding diaryl/α,β-unsaturated/α-hetero) is 1. The number of carbonyl (C=O) groups is 5. The van der Waals surface area contributed by atoms with Crippen molar-refractivity contribution in [3.63, 3.8) is 0 Å². The summed E-state index contributed by atoms with van der Waals surface area (Å²) in [5.41, 5.74) is 30.6. The van der Waals surface area contributed by atoms with Gasteiger partial charge in [0.25, 0.3) is 17.2 Å². The summed E-state index contributed by atoms with van der Waals surface area (Å²) in [7, 11) is -0.838. The number of hydrogen-bond acceptors (Lipinski definition) is 23. The Morgan fingerprint density at radius 2 is 1.11 bits per heavy atom. The van der Waals surface area contributed by atoms with E-state index in [4.69, 9.17) is 53.7 Å². The fraction of sp³-hybridized carbons (Fsp3) is 0.282. The van der Waals surface area contributed by atoms with Gasteiger partial charge in [0.15, 0.2) is 33.5 Å². The molecule has 2 amide bonds. The highest BCUT2D eigenvalue weighted by Gasteiger charge is 2.57. The van der Waals surface area contributed by atoms with Crippen LogP contribution in [0, 0.1) is 43.9 Å². The number of nitro benzene ring substituents is 2. The first-order valence-corrected chi connectivity index (χ1v) is 35.1. The SMILES string of the molecule is CC(C)[C@H]1C(=O)N2C(C(=O)OCc3ccc(N=[N+]=[N-])cc3)=C(c3ccc(COc4ccc5nc6ccc(=O)cc-6oc5c4)cc3[N+](=O)[O-])C[C@H]12.CC(C)[C@H]1C(=O)N[C@@H]1CC(=O)C(=[N+]=[N-])C(=O)OCc1ccc(N=[N+]=[N-])cc1.CC1(C)OB(c2ccc(COc3ccc4nc5ccc(=O)cc-5oc4c3)cc2[N+](=O)[O-])OC1(C)C. The smallest absolute Gasteiger partial charge is 0.489 e. The number of aromatic nitrogens is 2. The van der Waals surface area contributed by atoms with E-state index >= 15 is 0 Å². The Hall–Kier alpha value is -13.8. The van der Waals surface area contributed by atoms with Crippen LogP contribution in [-0.2, 0) is 69.2 Å². The molecule has 6 heterocycles. The van der Waals surface area contributed by atoms with Crippen LogP contribution < -0.4 is 31.1 Å². The molecule has 34 heteroatoms.